The Labute approximate surface area is 115 Å². The largest absolute Gasteiger partial charge is 0.396 e. The van der Waals surface area contributed by atoms with Crippen LogP contribution in [0.2, 0.25) is 0 Å². The molecule has 1 aromatic carbocycles. The molecule has 0 amide bonds. The van der Waals surface area contributed by atoms with E-state index >= 15 is 0 Å². The maximum absolute atomic E-state index is 13.3. The fourth-order valence-electron chi connectivity index (χ4n) is 2.72. The number of halogens is 1. The highest BCUT2D eigenvalue weighted by Gasteiger charge is 2.36. The van der Waals surface area contributed by atoms with Gasteiger partial charge in [0.1, 0.15) is 5.82 Å². The minimum atomic E-state index is -0.184. The van der Waals surface area contributed by atoms with Gasteiger partial charge in [0.05, 0.1) is 0 Å². The highest BCUT2D eigenvalue weighted by Crippen LogP contribution is 2.39. The van der Waals surface area contributed by atoms with E-state index in [9.17, 15) is 9.50 Å². The van der Waals surface area contributed by atoms with Crippen LogP contribution in [0.3, 0.4) is 0 Å². The van der Waals surface area contributed by atoms with E-state index in [1.807, 2.05) is 6.07 Å². The molecule has 19 heavy (non-hydrogen) atoms. The third kappa shape index (κ3) is 3.34. The summed E-state index contributed by atoms with van der Waals surface area (Å²) in [5.74, 6) is -0.184. The van der Waals surface area contributed by atoms with Crippen LogP contribution in [0.25, 0.3) is 0 Å². The van der Waals surface area contributed by atoms with E-state index in [0.29, 0.717) is 0 Å². The van der Waals surface area contributed by atoms with Crippen molar-refractivity contribution < 1.29 is 9.50 Å². The molecule has 0 saturated heterocycles. The Kier molecular flexibility index (Phi) is 4.26. The lowest BCUT2D eigenvalue weighted by Crippen LogP contribution is -2.45. The Morgan fingerprint density at radius 3 is 2.63 bits per heavy atom. The van der Waals surface area contributed by atoms with Crippen molar-refractivity contribution in [2.45, 2.75) is 38.5 Å². The second-order valence-electron chi connectivity index (χ2n) is 6.51. The maximum atomic E-state index is 13.3. The monoisotopic (exact) mass is 265 g/mol. The highest BCUT2D eigenvalue weighted by atomic mass is 19.1. The molecule has 0 aromatic heterocycles. The van der Waals surface area contributed by atoms with E-state index in [0.717, 1.165) is 31.5 Å². The number of benzene rings is 1. The molecule has 0 radical (unpaired) electrons. The van der Waals surface area contributed by atoms with Crippen LogP contribution in [0.5, 0.6) is 0 Å². The summed E-state index contributed by atoms with van der Waals surface area (Å²) < 4.78 is 13.3. The first-order valence-corrected chi connectivity index (χ1v) is 7.05. The fraction of sp³-hybridized carbons (Fsp3) is 0.625. The molecule has 0 spiro atoms. The maximum Gasteiger partial charge on any atom is 0.123 e. The van der Waals surface area contributed by atoms with Crippen LogP contribution in [0.1, 0.15) is 38.7 Å². The van der Waals surface area contributed by atoms with Crippen molar-refractivity contribution in [2.24, 2.45) is 5.41 Å². The van der Waals surface area contributed by atoms with E-state index in [-0.39, 0.29) is 23.3 Å². The fourth-order valence-corrected chi connectivity index (χ4v) is 2.72. The molecule has 0 heterocycles. The summed E-state index contributed by atoms with van der Waals surface area (Å²) in [6, 6.07) is 6.80. The predicted octanol–water partition coefficient (Wildman–Crippen LogP) is 2.86. The lowest BCUT2D eigenvalue weighted by atomic mass is 9.69. The standard InChI is InChI=1S/C16H24FNO/c1-15(2,13-5-3-6-14(17)9-13)10-18-11-16(12-19)7-4-8-16/h3,5-6,9,18-19H,4,7-8,10-12H2,1-2H3. The van der Waals surface area contributed by atoms with Gasteiger partial charge in [-0.2, -0.15) is 0 Å². The molecule has 1 aromatic rings. The van der Waals surface area contributed by atoms with Gasteiger partial charge in [-0.15, -0.1) is 0 Å². The average Bonchev–Trinajstić information content (AvgIpc) is 2.32. The zero-order valence-corrected chi connectivity index (χ0v) is 11.9. The molecule has 0 aliphatic heterocycles. The van der Waals surface area contributed by atoms with Crippen LogP contribution >= 0.6 is 0 Å². The molecule has 106 valence electrons. The Bertz CT molecular complexity index is 421. The van der Waals surface area contributed by atoms with Crippen molar-refractivity contribution in [1.29, 1.82) is 0 Å². The van der Waals surface area contributed by atoms with Crippen LogP contribution in [0.4, 0.5) is 4.39 Å². The van der Waals surface area contributed by atoms with Crippen LogP contribution < -0.4 is 5.32 Å². The number of rotatable bonds is 6. The van der Waals surface area contributed by atoms with E-state index < -0.39 is 0 Å². The third-order valence-electron chi connectivity index (χ3n) is 4.42. The quantitative estimate of drug-likeness (QED) is 0.829. The molecule has 0 atom stereocenters. The van der Waals surface area contributed by atoms with Gasteiger partial charge >= 0.3 is 0 Å². The summed E-state index contributed by atoms with van der Waals surface area (Å²) in [5.41, 5.74) is 0.993. The van der Waals surface area contributed by atoms with Gasteiger partial charge < -0.3 is 10.4 Å². The summed E-state index contributed by atoms with van der Waals surface area (Å²) >= 11 is 0. The smallest absolute Gasteiger partial charge is 0.123 e. The zero-order chi connectivity index (χ0) is 13.9. The minimum Gasteiger partial charge on any atom is -0.396 e. The van der Waals surface area contributed by atoms with Gasteiger partial charge in [-0.25, -0.2) is 4.39 Å². The molecular weight excluding hydrogens is 241 g/mol. The van der Waals surface area contributed by atoms with Gasteiger partial charge in [-0.1, -0.05) is 32.4 Å². The number of hydrogen-bond donors (Lipinski definition) is 2. The van der Waals surface area contributed by atoms with Crippen LogP contribution in [-0.2, 0) is 5.41 Å². The topological polar surface area (TPSA) is 32.3 Å². The molecule has 1 aliphatic carbocycles. The highest BCUT2D eigenvalue weighted by molar-refractivity contribution is 5.24. The number of aliphatic hydroxyl groups is 1. The Balaban J connectivity index is 1.90. The SMILES string of the molecule is CC(C)(CNCC1(CO)CCC1)c1cccc(F)c1. The van der Waals surface area contributed by atoms with E-state index in [1.165, 1.54) is 12.5 Å². The van der Waals surface area contributed by atoms with Crippen molar-refractivity contribution in [1.82, 2.24) is 5.32 Å². The second kappa shape index (κ2) is 5.59. The molecular formula is C16H24FNO. The molecule has 3 heteroatoms. The third-order valence-corrected chi connectivity index (χ3v) is 4.42. The van der Waals surface area contributed by atoms with Crippen molar-refractivity contribution in [3.63, 3.8) is 0 Å². The van der Waals surface area contributed by atoms with Crippen molar-refractivity contribution >= 4 is 0 Å². The molecule has 0 bridgehead atoms. The molecule has 2 rings (SSSR count). The van der Waals surface area contributed by atoms with E-state index in [2.05, 4.69) is 19.2 Å². The molecule has 1 aliphatic rings. The second-order valence-corrected chi connectivity index (χ2v) is 6.51. The lowest BCUT2D eigenvalue weighted by molar-refractivity contribution is 0.0438. The molecule has 1 saturated carbocycles. The Morgan fingerprint density at radius 2 is 2.11 bits per heavy atom. The van der Waals surface area contributed by atoms with Crippen molar-refractivity contribution in [2.75, 3.05) is 19.7 Å². The molecule has 0 unspecified atom stereocenters. The summed E-state index contributed by atoms with van der Waals surface area (Å²) in [6.45, 7) is 6.13. The van der Waals surface area contributed by atoms with Gasteiger partial charge in [0.25, 0.3) is 0 Å². The first kappa shape index (κ1) is 14.5. The normalized spacial score (nSPS) is 18.1. The van der Waals surface area contributed by atoms with Crippen LogP contribution in [-0.4, -0.2) is 24.8 Å². The van der Waals surface area contributed by atoms with Gasteiger partial charge in [0, 0.05) is 30.5 Å². The van der Waals surface area contributed by atoms with Crippen LogP contribution in [0, 0.1) is 11.2 Å². The first-order chi connectivity index (χ1) is 8.97. The summed E-state index contributed by atoms with van der Waals surface area (Å²) in [7, 11) is 0. The van der Waals surface area contributed by atoms with Crippen LogP contribution in [0.15, 0.2) is 24.3 Å². The summed E-state index contributed by atoms with van der Waals surface area (Å²) in [4.78, 5) is 0. The average molecular weight is 265 g/mol. The van der Waals surface area contributed by atoms with Crippen molar-refractivity contribution in [3.05, 3.63) is 35.6 Å². The minimum absolute atomic E-state index is 0.0953. The van der Waals surface area contributed by atoms with Gasteiger partial charge in [0.2, 0.25) is 0 Å². The van der Waals surface area contributed by atoms with Gasteiger partial charge in [-0.05, 0) is 30.5 Å². The van der Waals surface area contributed by atoms with Crippen molar-refractivity contribution in [3.8, 4) is 0 Å². The molecule has 2 nitrogen and oxygen atoms in total. The Morgan fingerprint density at radius 1 is 1.37 bits per heavy atom. The van der Waals surface area contributed by atoms with E-state index in [1.54, 1.807) is 12.1 Å². The lowest BCUT2D eigenvalue weighted by Gasteiger charge is -2.41. The molecule has 1 fully saturated rings. The van der Waals surface area contributed by atoms with Gasteiger partial charge in [-0.3, -0.25) is 0 Å². The summed E-state index contributed by atoms with van der Waals surface area (Å²) in [5, 5.41) is 12.9. The predicted molar refractivity (Wildman–Crippen MR) is 75.7 cm³/mol. The van der Waals surface area contributed by atoms with E-state index in [4.69, 9.17) is 0 Å². The van der Waals surface area contributed by atoms with Gasteiger partial charge in [0.15, 0.2) is 0 Å². The zero-order valence-electron chi connectivity index (χ0n) is 11.9. The number of aliphatic hydroxyl groups excluding tert-OH is 1. The Hall–Kier alpha value is -0.930. The number of hydrogen-bond acceptors (Lipinski definition) is 2. The summed E-state index contributed by atoms with van der Waals surface area (Å²) in [6.07, 6.45) is 3.43. The first-order valence-electron chi connectivity index (χ1n) is 7.05. The molecule has 2 N–H and O–H groups in total. The number of nitrogens with one attached hydrogen (secondary N) is 1.